The maximum absolute atomic E-state index is 3.81. The first-order chi connectivity index (χ1) is 4.33. The summed E-state index contributed by atoms with van der Waals surface area (Å²) in [6, 6.07) is 2.97. The predicted octanol–water partition coefficient (Wildman–Crippen LogP) is 0.901. The van der Waals surface area contributed by atoms with Crippen molar-refractivity contribution in [1.82, 2.24) is 4.90 Å². The lowest BCUT2D eigenvalue weighted by Crippen LogP contribution is -2.43. The van der Waals surface area contributed by atoms with Crippen LogP contribution in [0.15, 0.2) is 0 Å². The summed E-state index contributed by atoms with van der Waals surface area (Å²) < 4.78 is 0. The van der Waals surface area contributed by atoms with E-state index < -0.39 is 0 Å². The van der Waals surface area contributed by atoms with Crippen LogP contribution in [-0.4, -0.2) is 32.1 Å². The average molecular weight is 125 g/mol. The van der Waals surface area contributed by atoms with Crippen molar-refractivity contribution in [3.05, 3.63) is 4.85 Å². The van der Waals surface area contributed by atoms with Crippen LogP contribution < -0.4 is 0 Å². The van der Waals surface area contributed by atoms with Crippen LogP contribution in [0.3, 0.4) is 0 Å². The second kappa shape index (κ2) is 2.84. The second-order valence-corrected chi connectivity index (χ2v) is 2.67. The summed E-state index contributed by atoms with van der Waals surface area (Å²) in [4.78, 5) is 6.12. The molecule has 0 aromatic carbocycles. The van der Waals surface area contributed by atoms with E-state index in [1.807, 2.05) is 0 Å². The largest absolute Gasteiger partial charge is 0.306 e. The SMILES string of the molecule is C[N+]#CCC1CN(C)C1. The quantitative estimate of drug-likeness (QED) is 0.505. The molecule has 0 aliphatic carbocycles. The summed E-state index contributed by atoms with van der Waals surface area (Å²) in [5, 5.41) is 0. The molecule has 1 heterocycles. The van der Waals surface area contributed by atoms with Gasteiger partial charge >= 0.3 is 0 Å². The van der Waals surface area contributed by atoms with Crippen LogP contribution in [-0.2, 0) is 0 Å². The lowest BCUT2D eigenvalue weighted by molar-refractivity contribution is 0.138. The molecule has 0 amide bonds. The lowest BCUT2D eigenvalue weighted by Gasteiger charge is -2.33. The first kappa shape index (κ1) is 6.57. The molecule has 1 aliphatic rings. The number of likely N-dealkylation sites (tertiary alicyclic amines) is 1. The van der Waals surface area contributed by atoms with E-state index in [-0.39, 0.29) is 0 Å². The Kier molecular flexibility index (Phi) is 2.07. The number of hydrogen-bond acceptors (Lipinski definition) is 1. The molecule has 0 aromatic rings. The van der Waals surface area contributed by atoms with Crippen LogP contribution in [0.25, 0.3) is 4.85 Å². The molecule has 50 valence electrons. The van der Waals surface area contributed by atoms with E-state index in [9.17, 15) is 0 Å². The Labute approximate surface area is 56.3 Å². The molecule has 1 saturated heterocycles. The summed E-state index contributed by atoms with van der Waals surface area (Å²) in [6.45, 7) is 2.45. The summed E-state index contributed by atoms with van der Waals surface area (Å²) >= 11 is 0. The molecule has 1 rings (SSSR count). The van der Waals surface area contributed by atoms with Crippen LogP contribution in [0, 0.1) is 12.0 Å². The van der Waals surface area contributed by atoms with Gasteiger partial charge in [0.2, 0.25) is 0 Å². The van der Waals surface area contributed by atoms with Gasteiger partial charge in [0, 0.05) is 19.0 Å². The average Bonchev–Trinajstić information content (AvgIpc) is 1.78. The minimum Gasteiger partial charge on any atom is -0.306 e. The predicted molar refractivity (Wildman–Crippen MR) is 38.8 cm³/mol. The first-order valence-corrected chi connectivity index (χ1v) is 3.33. The van der Waals surface area contributed by atoms with Gasteiger partial charge in [0.1, 0.15) is 0 Å². The summed E-state index contributed by atoms with van der Waals surface area (Å²) in [5.74, 6) is 0.832. The molecule has 0 unspecified atom stereocenters. The maximum Gasteiger partial charge on any atom is 0.272 e. The Balaban J connectivity index is 2.08. The van der Waals surface area contributed by atoms with Crippen molar-refractivity contribution in [2.45, 2.75) is 6.42 Å². The highest BCUT2D eigenvalue weighted by atomic mass is 15.2. The Morgan fingerprint density at radius 1 is 1.67 bits per heavy atom. The van der Waals surface area contributed by atoms with E-state index >= 15 is 0 Å². The highest BCUT2D eigenvalue weighted by Gasteiger charge is 2.23. The fraction of sp³-hybridized carbons (Fsp3) is 0.857. The molecule has 2 nitrogen and oxygen atoms in total. The molecule has 9 heavy (non-hydrogen) atoms. The van der Waals surface area contributed by atoms with Gasteiger partial charge in [-0.15, -0.1) is 0 Å². The Morgan fingerprint density at radius 3 is 2.78 bits per heavy atom. The van der Waals surface area contributed by atoms with Gasteiger partial charge in [0.25, 0.3) is 13.1 Å². The summed E-state index contributed by atoms with van der Waals surface area (Å²) in [6.07, 6.45) is 1.04. The molecule has 0 aromatic heterocycles. The molecule has 1 fully saturated rings. The molecule has 0 saturated carbocycles. The van der Waals surface area contributed by atoms with Crippen LogP contribution in [0.1, 0.15) is 6.42 Å². The third-order valence-electron chi connectivity index (χ3n) is 1.68. The number of hydrogen-bond donors (Lipinski definition) is 0. The zero-order chi connectivity index (χ0) is 6.69. The third-order valence-corrected chi connectivity index (χ3v) is 1.68. The molecular weight excluding hydrogens is 112 g/mol. The zero-order valence-electron chi connectivity index (χ0n) is 6.09. The highest BCUT2D eigenvalue weighted by molar-refractivity contribution is 4.91. The van der Waals surface area contributed by atoms with Crippen molar-refractivity contribution in [3.8, 4) is 6.07 Å². The fourth-order valence-corrected chi connectivity index (χ4v) is 1.18. The zero-order valence-corrected chi connectivity index (χ0v) is 6.09. The van der Waals surface area contributed by atoms with E-state index in [1.54, 1.807) is 7.05 Å². The van der Waals surface area contributed by atoms with Gasteiger partial charge in [0.15, 0.2) is 0 Å². The number of nitrogens with zero attached hydrogens (tertiary/aromatic N) is 2. The lowest BCUT2D eigenvalue weighted by atomic mass is 9.98. The third kappa shape index (κ3) is 1.69. The smallest absolute Gasteiger partial charge is 0.272 e. The topological polar surface area (TPSA) is 7.60 Å². The Morgan fingerprint density at radius 2 is 2.33 bits per heavy atom. The molecule has 0 bridgehead atoms. The molecular formula is C7H13N2+. The first-order valence-electron chi connectivity index (χ1n) is 3.33. The van der Waals surface area contributed by atoms with Gasteiger partial charge in [0.05, 0.1) is 6.42 Å². The van der Waals surface area contributed by atoms with Crippen LogP contribution >= 0.6 is 0 Å². The van der Waals surface area contributed by atoms with Crippen LogP contribution in [0.5, 0.6) is 0 Å². The molecule has 1 aliphatic heterocycles. The molecule has 0 N–H and O–H groups in total. The molecule has 0 radical (unpaired) electrons. The normalized spacial score (nSPS) is 20.2. The Hall–Kier alpha value is -0.550. The molecule has 0 spiro atoms. The van der Waals surface area contributed by atoms with E-state index in [2.05, 4.69) is 22.9 Å². The molecule has 0 atom stereocenters. The number of rotatable bonds is 1. The summed E-state index contributed by atoms with van der Waals surface area (Å²) in [7, 11) is 3.92. The highest BCUT2D eigenvalue weighted by Crippen LogP contribution is 2.15. The van der Waals surface area contributed by atoms with Gasteiger partial charge in [-0.25, -0.2) is 0 Å². The van der Waals surface area contributed by atoms with Gasteiger partial charge in [-0.1, -0.05) is 4.85 Å². The fourth-order valence-electron chi connectivity index (χ4n) is 1.18. The van der Waals surface area contributed by atoms with Crippen LogP contribution in [0.2, 0.25) is 0 Å². The van der Waals surface area contributed by atoms with E-state index in [4.69, 9.17) is 0 Å². The van der Waals surface area contributed by atoms with E-state index in [0.717, 1.165) is 12.3 Å². The van der Waals surface area contributed by atoms with Crippen molar-refractivity contribution >= 4 is 0 Å². The van der Waals surface area contributed by atoms with Crippen molar-refractivity contribution in [3.63, 3.8) is 0 Å². The monoisotopic (exact) mass is 125 g/mol. The maximum atomic E-state index is 3.81. The van der Waals surface area contributed by atoms with Gasteiger partial charge in [-0.3, -0.25) is 0 Å². The summed E-state index contributed by atoms with van der Waals surface area (Å²) in [5.41, 5.74) is 0. The van der Waals surface area contributed by atoms with Gasteiger partial charge in [-0.05, 0) is 7.05 Å². The van der Waals surface area contributed by atoms with Crippen molar-refractivity contribution in [2.24, 2.45) is 5.92 Å². The minimum absolute atomic E-state index is 0.832. The van der Waals surface area contributed by atoms with E-state index in [1.165, 1.54) is 13.1 Å². The van der Waals surface area contributed by atoms with Gasteiger partial charge in [-0.2, -0.15) is 0 Å². The van der Waals surface area contributed by atoms with Crippen molar-refractivity contribution in [2.75, 3.05) is 27.2 Å². The molecule has 2 heteroatoms. The van der Waals surface area contributed by atoms with E-state index in [0.29, 0.717) is 0 Å². The van der Waals surface area contributed by atoms with Gasteiger partial charge < -0.3 is 4.90 Å². The standard InChI is InChI=1S/C7H13N2/c1-8-4-3-7-5-9(2)6-7/h7H,3,5-6H2,1-2H3/q+1. The second-order valence-electron chi connectivity index (χ2n) is 2.67. The Bertz CT molecular complexity index is 137. The van der Waals surface area contributed by atoms with Crippen molar-refractivity contribution in [1.29, 1.82) is 0 Å². The van der Waals surface area contributed by atoms with Crippen molar-refractivity contribution < 1.29 is 0 Å². The van der Waals surface area contributed by atoms with Crippen LogP contribution in [0.4, 0.5) is 0 Å². The minimum atomic E-state index is 0.832.